The highest BCUT2D eigenvalue weighted by Gasteiger charge is 2.09. The minimum Gasteiger partial charge on any atom is -0.418 e. The molecular weight excluding hydrogens is 218 g/mol. The lowest BCUT2D eigenvalue weighted by Gasteiger charge is -1.94. The first-order chi connectivity index (χ1) is 8.33. The number of hydrogen-bond acceptors (Lipinski definition) is 6. The summed E-state index contributed by atoms with van der Waals surface area (Å²) in [7, 11) is 0. The average molecular weight is 229 g/mol. The molecule has 0 unspecified atom stereocenters. The highest BCUT2D eigenvalue weighted by atomic mass is 16.4. The SMILES string of the molecule is CCNCc1nnc(-c2ccc(C#N)cn2)o1. The highest BCUT2D eigenvalue weighted by Crippen LogP contribution is 2.15. The van der Waals surface area contributed by atoms with Crippen LogP contribution in [0.4, 0.5) is 0 Å². The van der Waals surface area contributed by atoms with Crippen LogP contribution in [0.25, 0.3) is 11.6 Å². The second kappa shape index (κ2) is 5.18. The minimum absolute atomic E-state index is 0.363. The van der Waals surface area contributed by atoms with Crippen LogP contribution in [-0.4, -0.2) is 21.7 Å². The quantitative estimate of drug-likeness (QED) is 0.845. The first kappa shape index (κ1) is 11.2. The maximum Gasteiger partial charge on any atom is 0.266 e. The van der Waals surface area contributed by atoms with Gasteiger partial charge in [-0.15, -0.1) is 10.2 Å². The van der Waals surface area contributed by atoms with Gasteiger partial charge in [-0.05, 0) is 18.7 Å². The van der Waals surface area contributed by atoms with Gasteiger partial charge in [0, 0.05) is 6.20 Å². The van der Waals surface area contributed by atoms with E-state index in [1.165, 1.54) is 6.20 Å². The molecule has 0 radical (unpaired) electrons. The fourth-order valence-corrected chi connectivity index (χ4v) is 1.25. The number of rotatable bonds is 4. The number of hydrogen-bond donors (Lipinski definition) is 1. The van der Waals surface area contributed by atoms with Crippen LogP contribution in [0.3, 0.4) is 0 Å². The Labute approximate surface area is 98.3 Å². The number of nitriles is 1. The van der Waals surface area contributed by atoms with Crippen LogP contribution in [0, 0.1) is 11.3 Å². The van der Waals surface area contributed by atoms with Crippen LogP contribution in [0.15, 0.2) is 22.7 Å². The van der Waals surface area contributed by atoms with E-state index in [1.807, 2.05) is 13.0 Å². The van der Waals surface area contributed by atoms with Gasteiger partial charge >= 0.3 is 0 Å². The predicted octanol–water partition coefficient (Wildman–Crippen LogP) is 1.11. The molecule has 1 N–H and O–H groups in total. The molecule has 0 aliphatic rings. The van der Waals surface area contributed by atoms with Crippen molar-refractivity contribution in [1.29, 1.82) is 5.26 Å². The van der Waals surface area contributed by atoms with Gasteiger partial charge in [0.1, 0.15) is 11.8 Å². The molecule has 6 heteroatoms. The molecule has 0 saturated heterocycles. The summed E-state index contributed by atoms with van der Waals surface area (Å²) >= 11 is 0. The lowest BCUT2D eigenvalue weighted by Crippen LogP contribution is -2.11. The molecule has 17 heavy (non-hydrogen) atoms. The Morgan fingerprint density at radius 3 is 2.94 bits per heavy atom. The van der Waals surface area contributed by atoms with E-state index in [-0.39, 0.29) is 0 Å². The van der Waals surface area contributed by atoms with E-state index in [0.29, 0.717) is 29.6 Å². The highest BCUT2D eigenvalue weighted by molar-refractivity contribution is 5.47. The van der Waals surface area contributed by atoms with Gasteiger partial charge < -0.3 is 9.73 Å². The van der Waals surface area contributed by atoms with Gasteiger partial charge in [0.25, 0.3) is 5.89 Å². The van der Waals surface area contributed by atoms with Gasteiger partial charge in [-0.1, -0.05) is 6.92 Å². The summed E-state index contributed by atoms with van der Waals surface area (Å²) in [6.45, 7) is 3.38. The number of nitrogens with zero attached hydrogens (tertiary/aromatic N) is 4. The molecule has 2 heterocycles. The molecule has 0 atom stereocenters. The molecule has 0 aliphatic carbocycles. The average Bonchev–Trinajstić information content (AvgIpc) is 2.85. The fourth-order valence-electron chi connectivity index (χ4n) is 1.25. The molecule has 6 nitrogen and oxygen atoms in total. The van der Waals surface area contributed by atoms with Crippen molar-refractivity contribution in [2.75, 3.05) is 6.54 Å². The van der Waals surface area contributed by atoms with Crippen molar-refractivity contribution >= 4 is 0 Å². The molecule has 0 spiro atoms. The number of nitrogens with one attached hydrogen (secondary N) is 1. The third kappa shape index (κ3) is 2.65. The molecule has 0 saturated carbocycles. The normalized spacial score (nSPS) is 10.1. The molecule has 2 aromatic rings. The topological polar surface area (TPSA) is 87.6 Å². The molecule has 2 rings (SSSR count). The van der Waals surface area contributed by atoms with Crippen molar-refractivity contribution in [2.45, 2.75) is 13.5 Å². The lowest BCUT2D eigenvalue weighted by molar-refractivity contribution is 0.481. The zero-order chi connectivity index (χ0) is 12.1. The molecular formula is C11H11N5O. The summed E-state index contributed by atoms with van der Waals surface area (Å²) in [4.78, 5) is 4.07. The zero-order valence-electron chi connectivity index (χ0n) is 9.34. The van der Waals surface area contributed by atoms with E-state index in [2.05, 4.69) is 20.5 Å². The second-order valence-corrected chi connectivity index (χ2v) is 3.33. The molecule has 0 aliphatic heterocycles. The van der Waals surface area contributed by atoms with E-state index in [4.69, 9.17) is 9.68 Å². The van der Waals surface area contributed by atoms with Crippen LogP contribution < -0.4 is 5.32 Å². The number of pyridine rings is 1. The second-order valence-electron chi connectivity index (χ2n) is 3.33. The molecule has 0 amide bonds. The third-order valence-corrected chi connectivity index (χ3v) is 2.10. The standard InChI is InChI=1S/C11H11N5O/c1-2-13-7-10-15-16-11(17-10)9-4-3-8(5-12)6-14-9/h3-4,6,13H,2,7H2,1H3. The van der Waals surface area contributed by atoms with Gasteiger partial charge in [0.2, 0.25) is 5.89 Å². The summed E-state index contributed by atoms with van der Waals surface area (Å²) in [5.74, 6) is 0.885. The predicted molar refractivity (Wildman–Crippen MR) is 59.6 cm³/mol. The number of aromatic nitrogens is 3. The van der Waals surface area contributed by atoms with Gasteiger partial charge in [-0.25, -0.2) is 4.98 Å². The molecule has 86 valence electrons. The van der Waals surface area contributed by atoms with Crippen LogP contribution >= 0.6 is 0 Å². The Morgan fingerprint density at radius 1 is 1.41 bits per heavy atom. The largest absolute Gasteiger partial charge is 0.418 e. The third-order valence-electron chi connectivity index (χ3n) is 2.10. The summed E-state index contributed by atoms with van der Waals surface area (Å²) in [5, 5.41) is 19.5. The van der Waals surface area contributed by atoms with Crippen LogP contribution in [0.1, 0.15) is 18.4 Å². The van der Waals surface area contributed by atoms with Crippen molar-refractivity contribution < 1.29 is 4.42 Å². The Kier molecular flexibility index (Phi) is 3.43. The first-order valence-electron chi connectivity index (χ1n) is 5.23. The van der Waals surface area contributed by atoms with Crippen molar-refractivity contribution in [2.24, 2.45) is 0 Å². The van der Waals surface area contributed by atoms with Crippen LogP contribution in [-0.2, 0) is 6.54 Å². The Morgan fingerprint density at radius 2 is 2.29 bits per heavy atom. The monoisotopic (exact) mass is 229 g/mol. The van der Waals surface area contributed by atoms with Crippen LogP contribution in [0.2, 0.25) is 0 Å². The summed E-state index contributed by atoms with van der Waals surface area (Å²) < 4.78 is 5.42. The van der Waals surface area contributed by atoms with Gasteiger partial charge in [-0.3, -0.25) is 0 Å². The van der Waals surface area contributed by atoms with Gasteiger partial charge in [0.05, 0.1) is 12.1 Å². The molecule has 0 fully saturated rings. The van der Waals surface area contributed by atoms with E-state index >= 15 is 0 Å². The Bertz CT molecular complexity index is 526. The molecule has 0 aromatic carbocycles. The first-order valence-corrected chi connectivity index (χ1v) is 5.23. The van der Waals surface area contributed by atoms with Crippen LogP contribution in [0.5, 0.6) is 0 Å². The molecule has 2 aromatic heterocycles. The molecule has 0 bridgehead atoms. The Hall–Kier alpha value is -2.26. The summed E-state index contributed by atoms with van der Waals surface area (Å²) in [5.41, 5.74) is 1.07. The zero-order valence-corrected chi connectivity index (χ0v) is 9.34. The van der Waals surface area contributed by atoms with E-state index in [9.17, 15) is 0 Å². The fraction of sp³-hybridized carbons (Fsp3) is 0.273. The van der Waals surface area contributed by atoms with Crippen molar-refractivity contribution in [3.05, 3.63) is 29.8 Å². The summed E-state index contributed by atoms with van der Waals surface area (Å²) in [6.07, 6.45) is 1.48. The maximum absolute atomic E-state index is 8.65. The minimum atomic E-state index is 0.363. The van der Waals surface area contributed by atoms with E-state index < -0.39 is 0 Å². The van der Waals surface area contributed by atoms with Gasteiger partial charge in [-0.2, -0.15) is 5.26 Å². The van der Waals surface area contributed by atoms with Gasteiger partial charge in [0.15, 0.2) is 0 Å². The summed E-state index contributed by atoms with van der Waals surface area (Å²) in [6, 6.07) is 5.35. The smallest absolute Gasteiger partial charge is 0.266 e. The van der Waals surface area contributed by atoms with Crippen molar-refractivity contribution in [1.82, 2.24) is 20.5 Å². The van der Waals surface area contributed by atoms with Crippen molar-refractivity contribution in [3.63, 3.8) is 0 Å². The lowest BCUT2D eigenvalue weighted by atomic mass is 10.3. The van der Waals surface area contributed by atoms with E-state index in [0.717, 1.165) is 6.54 Å². The van der Waals surface area contributed by atoms with E-state index in [1.54, 1.807) is 12.1 Å². The van der Waals surface area contributed by atoms with Crippen molar-refractivity contribution in [3.8, 4) is 17.7 Å². The Balaban J connectivity index is 2.16. The maximum atomic E-state index is 8.65.